The van der Waals surface area contributed by atoms with E-state index in [2.05, 4.69) is 42.2 Å². The molecule has 23 heavy (non-hydrogen) atoms. The molecule has 0 radical (unpaired) electrons. The largest absolute Gasteiger partial charge is 0.320 e. The van der Waals surface area contributed by atoms with Gasteiger partial charge in [-0.3, -0.25) is 4.79 Å². The van der Waals surface area contributed by atoms with Crippen molar-refractivity contribution >= 4 is 54.8 Å². The maximum absolute atomic E-state index is 13.8. The zero-order chi connectivity index (χ0) is 16.4. The van der Waals surface area contributed by atoms with Crippen molar-refractivity contribution in [3.05, 3.63) is 68.3 Å². The summed E-state index contributed by atoms with van der Waals surface area (Å²) >= 11 is 7.90. The highest BCUT2D eigenvalue weighted by Crippen LogP contribution is 2.29. The number of benzene rings is 2. The quantitative estimate of drug-likeness (QED) is 0.548. The maximum atomic E-state index is 13.8. The summed E-state index contributed by atoms with van der Waals surface area (Å²) in [6.45, 7) is 0. The number of rotatable bonds is 3. The summed E-state index contributed by atoms with van der Waals surface area (Å²) in [6.07, 6.45) is 1.45. The van der Waals surface area contributed by atoms with Gasteiger partial charge in [-0.25, -0.2) is 9.37 Å². The number of nitrogens with one attached hydrogen (secondary N) is 1. The molecule has 0 aliphatic rings. The van der Waals surface area contributed by atoms with E-state index in [4.69, 9.17) is 0 Å². The fraction of sp³-hybridized carbons (Fsp3) is 0. The summed E-state index contributed by atoms with van der Waals surface area (Å²) in [4.78, 5) is 16.9. The van der Waals surface area contributed by atoms with Gasteiger partial charge in [0.05, 0.1) is 11.9 Å². The van der Waals surface area contributed by atoms with Crippen molar-refractivity contribution in [2.75, 3.05) is 5.32 Å². The smallest absolute Gasteiger partial charge is 0.267 e. The first-order valence-electron chi connectivity index (χ1n) is 6.52. The monoisotopic (exact) mass is 454 g/mol. The van der Waals surface area contributed by atoms with Gasteiger partial charge >= 0.3 is 0 Å². The Morgan fingerprint density at radius 2 is 1.96 bits per heavy atom. The molecule has 0 aliphatic heterocycles. The van der Waals surface area contributed by atoms with Crippen LogP contribution in [0.2, 0.25) is 0 Å². The summed E-state index contributed by atoms with van der Waals surface area (Å²) in [5.74, 6) is -0.641. The number of nitrogens with zero attached hydrogens (tertiary/aromatic N) is 1. The van der Waals surface area contributed by atoms with Crippen molar-refractivity contribution in [2.24, 2.45) is 0 Å². The number of carbonyl (C=O) groups excluding carboxylic acids is 1. The zero-order valence-corrected chi connectivity index (χ0v) is 15.5. The molecule has 0 unspecified atom stereocenters. The Kier molecular flexibility index (Phi) is 4.89. The van der Waals surface area contributed by atoms with Crippen molar-refractivity contribution in [3.63, 3.8) is 0 Å². The first kappa shape index (κ1) is 16.3. The summed E-state index contributed by atoms with van der Waals surface area (Å²) in [5.41, 5.74) is 1.04. The van der Waals surface area contributed by atoms with Crippen molar-refractivity contribution < 1.29 is 9.18 Å². The van der Waals surface area contributed by atoms with Crippen LogP contribution in [0.3, 0.4) is 0 Å². The maximum Gasteiger partial charge on any atom is 0.267 e. The third kappa shape index (κ3) is 3.68. The van der Waals surface area contributed by atoms with E-state index in [0.717, 1.165) is 20.3 Å². The lowest BCUT2D eigenvalue weighted by atomic mass is 10.2. The average Bonchev–Trinajstić information content (AvgIpc) is 3.00. The first-order chi connectivity index (χ1) is 11.0. The highest BCUT2D eigenvalue weighted by atomic mass is 79.9. The van der Waals surface area contributed by atoms with Gasteiger partial charge in [0.25, 0.3) is 5.91 Å². The van der Waals surface area contributed by atoms with Crippen LogP contribution in [0.15, 0.2) is 57.6 Å². The van der Waals surface area contributed by atoms with Gasteiger partial charge in [0.15, 0.2) is 0 Å². The van der Waals surface area contributed by atoms with Crippen LogP contribution in [0.4, 0.5) is 10.1 Å². The fourth-order valence-electron chi connectivity index (χ4n) is 1.91. The van der Waals surface area contributed by atoms with Crippen LogP contribution in [-0.4, -0.2) is 10.9 Å². The summed E-state index contributed by atoms with van der Waals surface area (Å²) in [5, 5.41) is 3.28. The molecule has 1 N–H and O–H groups in total. The van der Waals surface area contributed by atoms with Gasteiger partial charge in [-0.15, -0.1) is 11.3 Å². The molecule has 1 heterocycles. The number of anilines is 1. The number of hydrogen-bond acceptors (Lipinski definition) is 3. The van der Waals surface area contributed by atoms with Crippen LogP contribution in [0.25, 0.3) is 10.6 Å². The minimum Gasteiger partial charge on any atom is -0.320 e. The van der Waals surface area contributed by atoms with E-state index >= 15 is 0 Å². The fourth-order valence-corrected chi connectivity index (χ4v) is 3.90. The lowest BCUT2D eigenvalue weighted by Gasteiger charge is -2.06. The normalized spacial score (nSPS) is 10.6. The zero-order valence-electron chi connectivity index (χ0n) is 11.5. The molecule has 7 heteroatoms. The Hall–Kier alpha value is -1.57. The number of amides is 1. The number of hydrogen-bond donors (Lipinski definition) is 1. The van der Waals surface area contributed by atoms with Crippen molar-refractivity contribution in [2.45, 2.75) is 0 Å². The molecule has 2 aromatic carbocycles. The van der Waals surface area contributed by atoms with E-state index in [0.29, 0.717) is 21.1 Å². The molecule has 3 nitrogen and oxygen atoms in total. The molecule has 0 bridgehead atoms. The van der Waals surface area contributed by atoms with E-state index in [1.165, 1.54) is 12.3 Å². The molecule has 116 valence electrons. The molecule has 0 saturated heterocycles. The van der Waals surface area contributed by atoms with Gasteiger partial charge in [0, 0.05) is 14.5 Å². The Balaban J connectivity index is 1.83. The summed E-state index contributed by atoms with van der Waals surface area (Å²) in [6, 6.07) is 11.8. The third-order valence-corrected chi connectivity index (χ3v) is 5.19. The van der Waals surface area contributed by atoms with Crippen LogP contribution in [0.5, 0.6) is 0 Å². The molecular formula is C16H9Br2FN2OS. The van der Waals surface area contributed by atoms with Crippen molar-refractivity contribution in [1.29, 1.82) is 0 Å². The lowest BCUT2D eigenvalue weighted by Crippen LogP contribution is -2.10. The van der Waals surface area contributed by atoms with Gasteiger partial charge in [0.1, 0.15) is 15.7 Å². The average molecular weight is 456 g/mol. The Morgan fingerprint density at radius 3 is 2.70 bits per heavy atom. The van der Waals surface area contributed by atoms with Crippen LogP contribution in [0.1, 0.15) is 9.67 Å². The van der Waals surface area contributed by atoms with E-state index < -0.39 is 0 Å². The highest BCUT2D eigenvalue weighted by Gasteiger charge is 2.15. The summed E-state index contributed by atoms with van der Waals surface area (Å²) in [7, 11) is 0. The minimum atomic E-state index is -0.357. The van der Waals surface area contributed by atoms with Gasteiger partial charge in [-0.05, 0) is 46.3 Å². The topological polar surface area (TPSA) is 42.0 Å². The number of carbonyl (C=O) groups is 1. The second-order valence-corrected chi connectivity index (χ2v) is 7.39. The molecule has 0 saturated carbocycles. The highest BCUT2D eigenvalue weighted by molar-refractivity contribution is 9.11. The standard InChI is InChI=1S/C16H9Br2FN2OS/c17-9-5-6-13(11(18)7-9)21-15(22)14-8-20-16(23-14)10-3-1-2-4-12(10)19/h1-8H,(H,21,22). The van der Waals surface area contributed by atoms with Crippen LogP contribution in [0, 0.1) is 5.82 Å². The van der Waals surface area contributed by atoms with Gasteiger partial charge in [0.2, 0.25) is 0 Å². The SMILES string of the molecule is O=C(Nc1ccc(Br)cc1Br)c1cnc(-c2ccccc2F)s1. The Bertz CT molecular complexity index is 882. The molecule has 1 amide bonds. The molecule has 0 atom stereocenters. The van der Waals surface area contributed by atoms with Crippen molar-refractivity contribution in [1.82, 2.24) is 4.98 Å². The van der Waals surface area contributed by atoms with E-state index in [1.54, 1.807) is 24.3 Å². The molecule has 3 rings (SSSR count). The molecule has 0 fully saturated rings. The first-order valence-corrected chi connectivity index (χ1v) is 8.92. The number of aromatic nitrogens is 1. The molecule has 0 aliphatic carbocycles. The minimum absolute atomic E-state index is 0.284. The predicted octanol–water partition coefficient (Wildman–Crippen LogP) is 5.73. The predicted molar refractivity (Wildman–Crippen MR) is 97.3 cm³/mol. The van der Waals surface area contributed by atoms with Gasteiger partial charge in [-0.2, -0.15) is 0 Å². The van der Waals surface area contributed by atoms with Crippen LogP contribution >= 0.6 is 43.2 Å². The Morgan fingerprint density at radius 1 is 1.17 bits per heavy atom. The van der Waals surface area contributed by atoms with Gasteiger partial charge < -0.3 is 5.32 Å². The molecule has 1 aromatic heterocycles. The Labute approximate surface area is 152 Å². The van der Waals surface area contributed by atoms with E-state index in [-0.39, 0.29) is 11.7 Å². The van der Waals surface area contributed by atoms with Crippen molar-refractivity contribution in [3.8, 4) is 10.6 Å². The van der Waals surface area contributed by atoms with E-state index in [1.807, 2.05) is 12.1 Å². The summed E-state index contributed by atoms with van der Waals surface area (Å²) < 4.78 is 15.4. The molecule has 0 spiro atoms. The van der Waals surface area contributed by atoms with Crippen LogP contribution in [-0.2, 0) is 0 Å². The van der Waals surface area contributed by atoms with Gasteiger partial charge in [-0.1, -0.05) is 28.1 Å². The van der Waals surface area contributed by atoms with E-state index in [9.17, 15) is 9.18 Å². The lowest BCUT2D eigenvalue weighted by molar-refractivity contribution is 0.103. The molecular weight excluding hydrogens is 447 g/mol. The second-order valence-electron chi connectivity index (χ2n) is 4.59. The number of thiazole rings is 1. The number of halogens is 3. The van der Waals surface area contributed by atoms with Crippen LogP contribution < -0.4 is 5.32 Å². The third-order valence-electron chi connectivity index (χ3n) is 3.01. The molecule has 3 aromatic rings. The second kappa shape index (κ2) is 6.90.